The van der Waals surface area contributed by atoms with Gasteiger partial charge in [-0.2, -0.15) is 0 Å². The molecule has 1 aliphatic heterocycles. The minimum atomic E-state index is 0.298. The molecule has 0 aliphatic carbocycles. The lowest BCUT2D eigenvalue weighted by Gasteiger charge is -2.34. The summed E-state index contributed by atoms with van der Waals surface area (Å²) in [6, 6.07) is 19.3. The van der Waals surface area contributed by atoms with Crippen LogP contribution in [0.2, 0.25) is 0 Å². The molecule has 0 aromatic heterocycles. The van der Waals surface area contributed by atoms with Crippen molar-refractivity contribution >= 4 is 5.91 Å². The third kappa shape index (κ3) is 5.43. The van der Waals surface area contributed by atoms with Gasteiger partial charge in [0.2, 0.25) is 5.91 Å². The molecule has 0 radical (unpaired) electrons. The maximum Gasteiger partial charge on any atom is 0.222 e. The number of carbonyl (C=O) groups excluding carboxylic acids is 1. The molecule has 2 aromatic rings. The first-order valence-electron chi connectivity index (χ1n) is 9.86. The summed E-state index contributed by atoms with van der Waals surface area (Å²) in [5.41, 5.74) is 4.00. The Kier molecular flexibility index (Phi) is 6.84. The van der Waals surface area contributed by atoms with Gasteiger partial charge in [0.25, 0.3) is 0 Å². The zero-order valence-electron chi connectivity index (χ0n) is 15.9. The third-order valence-electron chi connectivity index (χ3n) is 5.34. The molecule has 0 bridgehead atoms. The Morgan fingerprint density at radius 3 is 2.08 bits per heavy atom. The molecular weight excluding hydrogens is 320 g/mol. The first kappa shape index (κ1) is 18.7. The second kappa shape index (κ2) is 9.54. The SMILES string of the molecule is CCc1ccc(CCC(=O)N2CCN(CCc3ccccc3)CC2)cc1. The predicted octanol–water partition coefficient (Wildman–Crippen LogP) is 3.57. The van der Waals surface area contributed by atoms with E-state index in [-0.39, 0.29) is 0 Å². The minimum Gasteiger partial charge on any atom is -0.340 e. The van der Waals surface area contributed by atoms with Gasteiger partial charge in [-0.05, 0) is 36.0 Å². The van der Waals surface area contributed by atoms with Gasteiger partial charge in [0.15, 0.2) is 0 Å². The summed E-state index contributed by atoms with van der Waals surface area (Å²) in [5.74, 6) is 0.298. The maximum atomic E-state index is 12.5. The van der Waals surface area contributed by atoms with Crippen LogP contribution in [-0.4, -0.2) is 48.4 Å². The summed E-state index contributed by atoms with van der Waals surface area (Å²) in [4.78, 5) is 17.0. The van der Waals surface area contributed by atoms with Crippen molar-refractivity contribution in [2.45, 2.75) is 32.6 Å². The summed E-state index contributed by atoms with van der Waals surface area (Å²) < 4.78 is 0. The Bertz CT molecular complexity index is 673. The zero-order valence-corrected chi connectivity index (χ0v) is 15.9. The molecule has 0 saturated carbocycles. The Morgan fingerprint density at radius 2 is 1.42 bits per heavy atom. The highest BCUT2D eigenvalue weighted by atomic mass is 16.2. The minimum absolute atomic E-state index is 0.298. The summed E-state index contributed by atoms with van der Waals surface area (Å²) in [6.07, 6.45) is 3.61. The fourth-order valence-electron chi connectivity index (χ4n) is 3.50. The summed E-state index contributed by atoms with van der Waals surface area (Å²) in [7, 11) is 0. The highest BCUT2D eigenvalue weighted by Crippen LogP contribution is 2.11. The van der Waals surface area contributed by atoms with Crippen LogP contribution in [0.15, 0.2) is 54.6 Å². The number of amides is 1. The Hall–Kier alpha value is -2.13. The van der Waals surface area contributed by atoms with E-state index >= 15 is 0 Å². The van der Waals surface area contributed by atoms with Gasteiger partial charge >= 0.3 is 0 Å². The lowest BCUT2D eigenvalue weighted by Crippen LogP contribution is -2.49. The molecule has 3 heteroatoms. The highest BCUT2D eigenvalue weighted by Gasteiger charge is 2.20. The fourth-order valence-corrected chi connectivity index (χ4v) is 3.50. The van der Waals surface area contributed by atoms with Crippen LogP contribution >= 0.6 is 0 Å². The van der Waals surface area contributed by atoms with Crippen LogP contribution in [0.4, 0.5) is 0 Å². The van der Waals surface area contributed by atoms with E-state index in [0.717, 1.165) is 52.0 Å². The van der Waals surface area contributed by atoms with E-state index in [0.29, 0.717) is 12.3 Å². The van der Waals surface area contributed by atoms with Gasteiger partial charge in [-0.25, -0.2) is 0 Å². The first-order valence-corrected chi connectivity index (χ1v) is 9.86. The smallest absolute Gasteiger partial charge is 0.222 e. The third-order valence-corrected chi connectivity index (χ3v) is 5.34. The number of hydrogen-bond acceptors (Lipinski definition) is 2. The fraction of sp³-hybridized carbons (Fsp3) is 0.435. The number of rotatable bonds is 7. The molecule has 0 unspecified atom stereocenters. The summed E-state index contributed by atoms with van der Waals surface area (Å²) in [5, 5.41) is 0. The van der Waals surface area contributed by atoms with Crippen LogP contribution in [0.1, 0.15) is 30.0 Å². The van der Waals surface area contributed by atoms with E-state index < -0.39 is 0 Å². The van der Waals surface area contributed by atoms with Crippen LogP contribution < -0.4 is 0 Å². The largest absolute Gasteiger partial charge is 0.340 e. The zero-order chi connectivity index (χ0) is 18.2. The molecule has 2 aromatic carbocycles. The molecule has 0 atom stereocenters. The van der Waals surface area contributed by atoms with Crippen molar-refractivity contribution in [3.05, 3.63) is 71.3 Å². The van der Waals surface area contributed by atoms with E-state index in [1.165, 1.54) is 16.7 Å². The molecular formula is C23H30N2O. The van der Waals surface area contributed by atoms with Crippen molar-refractivity contribution in [3.8, 4) is 0 Å². The van der Waals surface area contributed by atoms with Gasteiger partial charge < -0.3 is 4.90 Å². The average molecular weight is 351 g/mol. The maximum absolute atomic E-state index is 12.5. The molecule has 1 heterocycles. The van der Waals surface area contributed by atoms with Crippen LogP contribution in [0.25, 0.3) is 0 Å². The second-order valence-corrected chi connectivity index (χ2v) is 7.13. The normalized spacial score (nSPS) is 15.2. The van der Waals surface area contributed by atoms with E-state index in [4.69, 9.17) is 0 Å². The van der Waals surface area contributed by atoms with Crippen LogP contribution in [-0.2, 0) is 24.1 Å². The number of carbonyl (C=O) groups is 1. The van der Waals surface area contributed by atoms with Crippen LogP contribution in [0.5, 0.6) is 0 Å². The van der Waals surface area contributed by atoms with E-state index in [1.54, 1.807) is 0 Å². The van der Waals surface area contributed by atoms with E-state index in [2.05, 4.69) is 66.4 Å². The quantitative estimate of drug-likeness (QED) is 0.762. The summed E-state index contributed by atoms with van der Waals surface area (Å²) >= 11 is 0. The Morgan fingerprint density at radius 1 is 0.808 bits per heavy atom. The molecule has 1 fully saturated rings. The standard InChI is InChI=1S/C23H30N2O/c1-2-20-8-10-22(11-9-20)12-13-23(26)25-18-16-24(17-19-25)15-14-21-6-4-3-5-7-21/h3-11H,2,12-19H2,1H3. The Labute approximate surface area is 157 Å². The van der Waals surface area contributed by atoms with Crippen LogP contribution in [0, 0.1) is 0 Å². The Balaban J connectivity index is 1.37. The van der Waals surface area contributed by atoms with Crippen LogP contribution in [0.3, 0.4) is 0 Å². The molecule has 138 valence electrons. The molecule has 3 rings (SSSR count). The molecule has 0 spiro atoms. The molecule has 1 amide bonds. The number of hydrogen-bond donors (Lipinski definition) is 0. The van der Waals surface area contributed by atoms with Gasteiger partial charge in [0.05, 0.1) is 0 Å². The van der Waals surface area contributed by atoms with Crippen molar-refractivity contribution in [3.63, 3.8) is 0 Å². The number of aryl methyl sites for hydroxylation is 2. The number of piperazine rings is 1. The molecule has 26 heavy (non-hydrogen) atoms. The predicted molar refractivity (Wildman–Crippen MR) is 107 cm³/mol. The molecule has 0 N–H and O–H groups in total. The van der Waals surface area contributed by atoms with Gasteiger partial charge in [0, 0.05) is 39.1 Å². The molecule has 3 nitrogen and oxygen atoms in total. The van der Waals surface area contributed by atoms with E-state index in [9.17, 15) is 4.79 Å². The van der Waals surface area contributed by atoms with Gasteiger partial charge in [-0.3, -0.25) is 9.69 Å². The van der Waals surface area contributed by atoms with E-state index in [1.807, 2.05) is 4.90 Å². The monoisotopic (exact) mass is 350 g/mol. The first-order chi connectivity index (χ1) is 12.7. The van der Waals surface area contributed by atoms with Crippen molar-refractivity contribution in [2.24, 2.45) is 0 Å². The second-order valence-electron chi connectivity index (χ2n) is 7.13. The van der Waals surface area contributed by atoms with Crippen molar-refractivity contribution < 1.29 is 4.79 Å². The number of benzene rings is 2. The lowest BCUT2D eigenvalue weighted by molar-refractivity contribution is -0.132. The van der Waals surface area contributed by atoms with Gasteiger partial charge in [-0.1, -0.05) is 61.5 Å². The number of nitrogens with zero attached hydrogens (tertiary/aromatic N) is 2. The van der Waals surface area contributed by atoms with Gasteiger partial charge in [0.1, 0.15) is 0 Å². The average Bonchev–Trinajstić information content (AvgIpc) is 2.72. The topological polar surface area (TPSA) is 23.6 Å². The van der Waals surface area contributed by atoms with Crippen molar-refractivity contribution in [2.75, 3.05) is 32.7 Å². The van der Waals surface area contributed by atoms with Crippen molar-refractivity contribution in [1.82, 2.24) is 9.80 Å². The summed E-state index contributed by atoms with van der Waals surface area (Å²) in [6.45, 7) is 6.95. The lowest BCUT2D eigenvalue weighted by atomic mass is 10.1. The highest BCUT2D eigenvalue weighted by molar-refractivity contribution is 5.76. The molecule has 1 saturated heterocycles. The molecule has 1 aliphatic rings. The van der Waals surface area contributed by atoms with Gasteiger partial charge in [-0.15, -0.1) is 0 Å². The van der Waals surface area contributed by atoms with Crippen molar-refractivity contribution in [1.29, 1.82) is 0 Å².